The van der Waals surface area contributed by atoms with Crippen LogP contribution in [0.3, 0.4) is 0 Å². The van der Waals surface area contributed by atoms with Crippen molar-refractivity contribution in [1.82, 2.24) is 15.2 Å². The monoisotopic (exact) mass is 333 g/mol. The Morgan fingerprint density at radius 3 is 2.52 bits per heavy atom. The molecule has 5 heteroatoms. The van der Waals surface area contributed by atoms with E-state index in [0.717, 1.165) is 39.2 Å². The zero-order chi connectivity index (χ0) is 17.4. The molecule has 0 spiro atoms. The number of aryl methyl sites for hydroxylation is 1. The second-order valence-corrected chi connectivity index (χ2v) is 5.91. The van der Waals surface area contributed by atoms with Crippen LogP contribution in [0.2, 0.25) is 0 Å². The molecule has 0 saturated carbocycles. The topological polar surface area (TPSA) is 50.8 Å². The van der Waals surface area contributed by atoms with E-state index < -0.39 is 0 Å². The number of aromatic amines is 1. The van der Waals surface area contributed by atoms with E-state index in [0.29, 0.717) is 5.65 Å². The van der Waals surface area contributed by atoms with Gasteiger partial charge in [0.05, 0.1) is 18.5 Å². The highest BCUT2D eigenvalue weighted by Crippen LogP contribution is 2.29. The Balaban J connectivity index is 1.80. The first kappa shape index (κ1) is 15.3. The predicted molar refractivity (Wildman–Crippen MR) is 96.0 cm³/mol. The number of nitrogens with one attached hydrogen (secondary N) is 1. The molecule has 0 aliphatic heterocycles. The maximum Gasteiger partial charge on any atom is 0.182 e. The first-order valence-electron chi connectivity index (χ1n) is 7.91. The molecule has 0 amide bonds. The average Bonchev–Trinajstić information content (AvgIpc) is 3.05. The van der Waals surface area contributed by atoms with E-state index in [2.05, 4.69) is 21.2 Å². The summed E-state index contributed by atoms with van der Waals surface area (Å²) in [5.74, 6) is 0.535. The molecule has 0 atom stereocenters. The lowest BCUT2D eigenvalue weighted by molar-refractivity contribution is 0.414. The maximum atomic E-state index is 13.1. The van der Waals surface area contributed by atoms with E-state index in [9.17, 15) is 4.39 Å². The molecular weight excluding hydrogens is 317 g/mol. The molecule has 0 saturated heterocycles. The molecule has 0 radical (unpaired) electrons. The van der Waals surface area contributed by atoms with Crippen LogP contribution in [0, 0.1) is 12.7 Å². The highest BCUT2D eigenvalue weighted by Gasteiger charge is 2.11. The summed E-state index contributed by atoms with van der Waals surface area (Å²) in [7, 11) is 1.65. The molecule has 1 N–H and O–H groups in total. The van der Waals surface area contributed by atoms with Crippen LogP contribution in [-0.2, 0) is 0 Å². The Morgan fingerprint density at radius 2 is 1.76 bits per heavy atom. The van der Waals surface area contributed by atoms with Gasteiger partial charge in [-0.3, -0.25) is 5.10 Å². The van der Waals surface area contributed by atoms with Crippen molar-refractivity contribution < 1.29 is 9.13 Å². The van der Waals surface area contributed by atoms with Gasteiger partial charge in [0.25, 0.3) is 0 Å². The van der Waals surface area contributed by atoms with Crippen molar-refractivity contribution in [1.29, 1.82) is 0 Å². The van der Waals surface area contributed by atoms with Gasteiger partial charge < -0.3 is 4.74 Å². The minimum atomic E-state index is -0.263. The minimum absolute atomic E-state index is 0.263. The van der Waals surface area contributed by atoms with Crippen LogP contribution in [0.1, 0.15) is 5.56 Å². The molecule has 2 aromatic heterocycles. The molecule has 0 unspecified atom stereocenters. The summed E-state index contributed by atoms with van der Waals surface area (Å²) in [6.07, 6.45) is 0. The average molecular weight is 333 g/mol. The number of pyridine rings is 1. The Labute approximate surface area is 144 Å². The minimum Gasteiger partial charge on any atom is -0.497 e. The number of halogens is 1. The van der Waals surface area contributed by atoms with Gasteiger partial charge in [-0.1, -0.05) is 0 Å². The number of benzene rings is 2. The lowest BCUT2D eigenvalue weighted by Gasteiger charge is -2.06. The van der Waals surface area contributed by atoms with Gasteiger partial charge in [0.15, 0.2) is 5.65 Å². The molecule has 4 aromatic rings. The highest BCUT2D eigenvalue weighted by atomic mass is 19.1. The Hall–Kier alpha value is -3.21. The number of ether oxygens (including phenoxy) is 1. The third kappa shape index (κ3) is 2.85. The summed E-state index contributed by atoms with van der Waals surface area (Å²) in [4.78, 5) is 4.65. The van der Waals surface area contributed by atoms with Crippen molar-refractivity contribution in [3.63, 3.8) is 0 Å². The Morgan fingerprint density at radius 1 is 0.960 bits per heavy atom. The van der Waals surface area contributed by atoms with Crippen LogP contribution in [0.4, 0.5) is 4.39 Å². The van der Waals surface area contributed by atoms with Gasteiger partial charge in [-0.2, -0.15) is 5.10 Å². The lowest BCUT2D eigenvalue weighted by atomic mass is 10.1. The van der Waals surface area contributed by atoms with Crippen LogP contribution < -0.4 is 4.74 Å². The fourth-order valence-corrected chi connectivity index (χ4v) is 2.91. The van der Waals surface area contributed by atoms with Gasteiger partial charge in [-0.15, -0.1) is 0 Å². The van der Waals surface area contributed by atoms with E-state index in [1.54, 1.807) is 19.2 Å². The molecule has 4 nitrogen and oxygen atoms in total. The molecule has 2 heterocycles. The highest BCUT2D eigenvalue weighted by molar-refractivity contribution is 5.92. The second-order valence-electron chi connectivity index (χ2n) is 5.91. The van der Waals surface area contributed by atoms with Gasteiger partial charge >= 0.3 is 0 Å². The number of hydrogen-bond acceptors (Lipinski definition) is 3. The number of hydrogen-bond donors (Lipinski definition) is 1. The van der Waals surface area contributed by atoms with E-state index in [4.69, 9.17) is 4.74 Å². The van der Waals surface area contributed by atoms with Gasteiger partial charge in [0.1, 0.15) is 11.6 Å². The third-order valence-corrected chi connectivity index (χ3v) is 4.13. The summed E-state index contributed by atoms with van der Waals surface area (Å²) >= 11 is 0. The van der Waals surface area contributed by atoms with Crippen LogP contribution in [-0.4, -0.2) is 22.3 Å². The molecule has 124 valence electrons. The van der Waals surface area contributed by atoms with Gasteiger partial charge in [-0.05, 0) is 67.1 Å². The fraction of sp³-hybridized carbons (Fsp3) is 0.100. The zero-order valence-electron chi connectivity index (χ0n) is 13.9. The molecule has 25 heavy (non-hydrogen) atoms. The third-order valence-electron chi connectivity index (χ3n) is 4.13. The SMILES string of the molecule is COc1cc(C)cc(-c2ccc3c(-c4ccc(F)cc4)[nH]nc3n2)c1. The number of fused-ring (bicyclic) bond motifs is 1. The number of aromatic nitrogens is 3. The number of methoxy groups -OCH3 is 1. The van der Waals surface area contributed by atoms with Crippen molar-refractivity contribution in [2.75, 3.05) is 7.11 Å². The van der Waals surface area contributed by atoms with Crippen LogP contribution in [0.5, 0.6) is 5.75 Å². The summed E-state index contributed by atoms with van der Waals surface area (Å²) in [6, 6.07) is 16.2. The molecule has 4 rings (SSSR count). The zero-order valence-corrected chi connectivity index (χ0v) is 13.9. The normalized spacial score (nSPS) is 11.0. The Bertz CT molecular complexity index is 1050. The molecule has 0 fully saturated rings. The molecule has 2 aromatic carbocycles. The first-order chi connectivity index (χ1) is 12.1. The second kappa shape index (κ2) is 6.02. The summed E-state index contributed by atoms with van der Waals surface area (Å²) < 4.78 is 18.5. The van der Waals surface area contributed by atoms with Crippen molar-refractivity contribution in [3.8, 4) is 28.3 Å². The van der Waals surface area contributed by atoms with Gasteiger partial charge in [-0.25, -0.2) is 9.37 Å². The van der Waals surface area contributed by atoms with Crippen molar-refractivity contribution in [3.05, 3.63) is 66.0 Å². The van der Waals surface area contributed by atoms with Crippen LogP contribution >= 0.6 is 0 Å². The molecule has 0 aliphatic rings. The predicted octanol–water partition coefficient (Wildman–Crippen LogP) is 4.75. The van der Waals surface area contributed by atoms with E-state index in [1.807, 2.05) is 31.2 Å². The fourth-order valence-electron chi connectivity index (χ4n) is 2.91. The summed E-state index contributed by atoms with van der Waals surface area (Å²) in [5.41, 5.74) is 5.23. The largest absolute Gasteiger partial charge is 0.497 e. The van der Waals surface area contributed by atoms with Crippen LogP contribution in [0.25, 0.3) is 33.5 Å². The van der Waals surface area contributed by atoms with E-state index in [-0.39, 0.29) is 5.82 Å². The number of rotatable bonds is 3. The van der Waals surface area contributed by atoms with Crippen molar-refractivity contribution in [2.45, 2.75) is 6.92 Å². The van der Waals surface area contributed by atoms with Crippen molar-refractivity contribution >= 4 is 11.0 Å². The molecule has 0 bridgehead atoms. The van der Waals surface area contributed by atoms with E-state index >= 15 is 0 Å². The quantitative estimate of drug-likeness (QED) is 0.589. The standard InChI is InChI=1S/C20H16FN3O/c1-12-9-14(11-16(10-12)25-2)18-8-7-17-19(23-24-20(17)22-18)13-3-5-15(21)6-4-13/h3-11H,1-2H3,(H,22,23,24). The van der Waals surface area contributed by atoms with E-state index in [1.165, 1.54) is 12.1 Å². The van der Waals surface area contributed by atoms with Gasteiger partial charge in [0.2, 0.25) is 0 Å². The van der Waals surface area contributed by atoms with Crippen molar-refractivity contribution in [2.24, 2.45) is 0 Å². The number of H-pyrrole nitrogens is 1. The van der Waals surface area contributed by atoms with Crippen LogP contribution in [0.15, 0.2) is 54.6 Å². The van der Waals surface area contributed by atoms with Gasteiger partial charge in [0, 0.05) is 16.5 Å². The summed E-state index contributed by atoms with van der Waals surface area (Å²) in [5, 5.41) is 8.21. The maximum absolute atomic E-state index is 13.1. The first-order valence-corrected chi connectivity index (χ1v) is 7.91. The summed E-state index contributed by atoms with van der Waals surface area (Å²) in [6.45, 7) is 2.02. The molecule has 0 aliphatic carbocycles. The Kier molecular flexibility index (Phi) is 3.69. The number of nitrogens with zero attached hydrogens (tertiary/aromatic N) is 2. The molecular formula is C20H16FN3O. The smallest absolute Gasteiger partial charge is 0.182 e. The lowest BCUT2D eigenvalue weighted by Crippen LogP contribution is -1.89.